The fourth-order valence-corrected chi connectivity index (χ4v) is 8.98. The summed E-state index contributed by atoms with van der Waals surface area (Å²) < 4.78 is 11.3. The van der Waals surface area contributed by atoms with E-state index >= 15 is 0 Å². The molecule has 0 saturated heterocycles. The van der Waals surface area contributed by atoms with Crippen LogP contribution in [0.15, 0.2) is 11.6 Å². The van der Waals surface area contributed by atoms with Crippen LogP contribution in [0, 0.1) is 48.8 Å². The van der Waals surface area contributed by atoms with Crippen LogP contribution in [0.25, 0.3) is 0 Å². The van der Waals surface area contributed by atoms with Crippen LogP contribution in [0.3, 0.4) is 0 Å². The molecule has 1 amide bonds. The Bertz CT molecular complexity index is 1370. The molecule has 49 heavy (non-hydrogen) atoms. The topological polar surface area (TPSA) is 241 Å². The second-order valence-electron chi connectivity index (χ2n) is 13.9. The lowest BCUT2D eigenvalue weighted by atomic mass is 9.46. The third-order valence-electron chi connectivity index (χ3n) is 11.2. The van der Waals surface area contributed by atoms with Gasteiger partial charge in [0.2, 0.25) is 11.7 Å². The molecule has 4 aliphatic carbocycles. The van der Waals surface area contributed by atoms with E-state index in [1.165, 1.54) is 0 Å². The van der Waals surface area contributed by atoms with Crippen molar-refractivity contribution in [1.82, 2.24) is 5.32 Å². The van der Waals surface area contributed by atoms with Crippen LogP contribution in [0.5, 0.6) is 0 Å². The lowest BCUT2D eigenvalue weighted by Crippen LogP contribution is -2.63. The van der Waals surface area contributed by atoms with Gasteiger partial charge in [-0.05, 0) is 68.1 Å². The van der Waals surface area contributed by atoms with Gasteiger partial charge >= 0.3 is 11.9 Å². The van der Waals surface area contributed by atoms with Gasteiger partial charge < -0.3 is 29.6 Å². The monoisotopic (exact) mass is 695 g/mol. The number of amides is 1. The van der Waals surface area contributed by atoms with Crippen molar-refractivity contribution < 1.29 is 58.4 Å². The SMILES string of the molecule is C[C@]12CCC(=O)CC1=CCC1C3CC[C@](OC(=O)CCCO[N+](=O)[O-])(C(=O)COC(=O)CCNC(=O)CCCO[N+](=O)[O-])[C@@]3(C)C[C@H](O)[C@@H]12. The van der Waals surface area contributed by atoms with Crippen LogP contribution < -0.4 is 5.32 Å². The molecule has 0 spiro atoms. The van der Waals surface area contributed by atoms with Gasteiger partial charge in [-0.25, -0.2) is 0 Å². The molecule has 4 rings (SSSR count). The molecule has 17 nitrogen and oxygen atoms in total. The number of nitrogens with one attached hydrogen (secondary N) is 1. The summed E-state index contributed by atoms with van der Waals surface area (Å²) in [6.45, 7) is 2.50. The zero-order valence-corrected chi connectivity index (χ0v) is 27.8. The zero-order valence-electron chi connectivity index (χ0n) is 27.8. The average molecular weight is 696 g/mol. The van der Waals surface area contributed by atoms with Crippen LogP contribution in [0.2, 0.25) is 0 Å². The number of aliphatic hydroxyl groups is 1. The smallest absolute Gasteiger partial charge is 0.308 e. The molecule has 0 aliphatic heterocycles. The summed E-state index contributed by atoms with van der Waals surface area (Å²) in [6, 6.07) is 0. The summed E-state index contributed by atoms with van der Waals surface area (Å²) in [5.41, 5.74) is -2.13. The third-order valence-corrected chi connectivity index (χ3v) is 11.2. The summed E-state index contributed by atoms with van der Waals surface area (Å²) in [6.07, 6.45) is 3.45. The van der Waals surface area contributed by atoms with E-state index in [0.717, 1.165) is 5.57 Å². The summed E-state index contributed by atoms with van der Waals surface area (Å²) in [5, 5.41) is 33.1. The van der Waals surface area contributed by atoms with Crippen molar-refractivity contribution in [3.05, 3.63) is 31.9 Å². The number of rotatable bonds is 17. The molecule has 3 fully saturated rings. The van der Waals surface area contributed by atoms with E-state index < -0.39 is 57.5 Å². The Morgan fingerprint density at radius 2 is 1.67 bits per heavy atom. The molecule has 0 aromatic rings. The van der Waals surface area contributed by atoms with E-state index in [-0.39, 0.29) is 93.7 Å². The van der Waals surface area contributed by atoms with Crippen LogP contribution in [-0.2, 0) is 43.1 Å². The maximum atomic E-state index is 14.1. The van der Waals surface area contributed by atoms with Crippen molar-refractivity contribution in [2.45, 2.75) is 103 Å². The second kappa shape index (κ2) is 15.6. The van der Waals surface area contributed by atoms with E-state index in [0.29, 0.717) is 32.1 Å². The molecule has 3 saturated carbocycles. The highest BCUT2D eigenvalue weighted by Crippen LogP contribution is 2.68. The highest BCUT2D eigenvalue weighted by atomic mass is 17.0. The molecular weight excluding hydrogens is 650 g/mol. The molecule has 17 heteroatoms. The van der Waals surface area contributed by atoms with Gasteiger partial charge in [0.05, 0.1) is 25.7 Å². The fourth-order valence-electron chi connectivity index (χ4n) is 8.98. The zero-order chi connectivity index (χ0) is 36.0. The number of nitrogens with zero attached hydrogens (tertiary/aromatic N) is 2. The first-order chi connectivity index (χ1) is 23.1. The number of ketones is 2. The summed E-state index contributed by atoms with van der Waals surface area (Å²) in [4.78, 5) is 93.2. The minimum atomic E-state index is -1.75. The molecule has 4 aliphatic rings. The van der Waals surface area contributed by atoms with Crippen molar-refractivity contribution >= 4 is 29.4 Å². The van der Waals surface area contributed by atoms with Gasteiger partial charge in [-0.1, -0.05) is 25.5 Å². The van der Waals surface area contributed by atoms with Gasteiger partial charge in [-0.2, -0.15) is 0 Å². The average Bonchev–Trinajstić information content (AvgIpc) is 3.32. The molecule has 0 heterocycles. The van der Waals surface area contributed by atoms with Crippen molar-refractivity contribution in [2.24, 2.45) is 28.6 Å². The largest absolute Gasteiger partial charge is 0.457 e. The Morgan fingerprint density at radius 3 is 2.35 bits per heavy atom. The highest BCUT2D eigenvalue weighted by Gasteiger charge is 2.70. The highest BCUT2D eigenvalue weighted by molar-refractivity contribution is 5.93. The minimum absolute atomic E-state index is 0.0361. The van der Waals surface area contributed by atoms with Crippen molar-refractivity contribution in [2.75, 3.05) is 26.4 Å². The van der Waals surface area contributed by atoms with E-state index in [9.17, 15) is 49.3 Å². The van der Waals surface area contributed by atoms with Crippen LogP contribution in [-0.4, -0.2) is 82.8 Å². The molecular formula is C32H45N3O14. The Labute approximate surface area is 282 Å². The number of hydrogen-bond donors (Lipinski definition) is 2. The number of aliphatic hydroxyl groups excluding tert-OH is 1. The van der Waals surface area contributed by atoms with Gasteiger partial charge in [-0.15, -0.1) is 20.2 Å². The number of fused-ring (bicyclic) bond motifs is 5. The fraction of sp³-hybridized carbons (Fsp3) is 0.781. The van der Waals surface area contributed by atoms with Crippen LogP contribution >= 0.6 is 0 Å². The van der Waals surface area contributed by atoms with Gasteiger partial charge in [-0.3, -0.25) is 24.0 Å². The van der Waals surface area contributed by atoms with Crippen molar-refractivity contribution in [3.63, 3.8) is 0 Å². The normalized spacial score (nSPS) is 31.6. The molecule has 0 radical (unpaired) electrons. The standard InChI is InChI=1S/C32H45N3O14/c1-30-12-9-21(36)17-20(30)7-8-22-23-10-13-32(31(23,2)18-24(37)29(22)30,49-28(41)6-4-16-48-35(44)45)25(38)19-46-27(40)11-14-33-26(39)5-3-15-47-34(42)43/h7,22-24,29,37H,3-6,8-19H2,1-2H3,(H,33,39)/t22?,23?,24-,29+,30-,31-,32-/m0/s1. The molecule has 0 bridgehead atoms. The Balaban J connectivity index is 1.46. The summed E-state index contributed by atoms with van der Waals surface area (Å²) in [7, 11) is 0. The first-order valence-electron chi connectivity index (χ1n) is 16.7. The lowest BCUT2D eigenvalue weighted by molar-refractivity contribution is -0.757. The maximum absolute atomic E-state index is 14.1. The molecule has 2 N–H and O–H groups in total. The van der Waals surface area contributed by atoms with Crippen molar-refractivity contribution in [3.8, 4) is 0 Å². The lowest BCUT2D eigenvalue weighted by Gasteiger charge is -2.60. The quantitative estimate of drug-likeness (QED) is 0.0730. The Kier molecular flexibility index (Phi) is 12.0. The molecule has 272 valence electrons. The summed E-state index contributed by atoms with van der Waals surface area (Å²) >= 11 is 0. The predicted octanol–water partition coefficient (Wildman–Crippen LogP) is 2.37. The number of esters is 2. The Hall–Kier alpha value is -4.15. The maximum Gasteiger partial charge on any atom is 0.308 e. The molecule has 0 aromatic heterocycles. The van der Waals surface area contributed by atoms with Crippen molar-refractivity contribution in [1.29, 1.82) is 0 Å². The van der Waals surface area contributed by atoms with Gasteiger partial charge in [0.25, 0.3) is 10.2 Å². The number of allylic oxidation sites excluding steroid dienone is 2. The number of ether oxygens (including phenoxy) is 2. The van der Waals surface area contributed by atoms with E-state index in [1.54, 1.807) is 0 Å². The van der Waals surface area contributed by atoms with Crippen LogP contribution in [0.1, 0.15) is 90.9 Å². The molecule has 0 aromatic carbocycles. The van der Waals surface area contributed by atoms with Crippen LogP contribution in [0.4, 0.5) is 0 Å². The first-order valence-corrected chi connectivity index (χ1v) is 16.7. The minimum Gasteiger partial charge on any atom is -0.457 e. The number of hydrogen-bond acceptors (Lipinski definition) is 14. The van der Waals surface area contributed by atoms with Gasteiger partial charge in [0, 0.05) is 37.6 Å². The Morgan fingerprint density at radius 1 is 1.00 bits per heavy atom. The second-order valence-corrected chi connectivity index (χ2v) is 13.9. The predicted molar refractivity (Wildman–Crippen MR) is 165 cm³/mol. The third kappa shape index (κ3) is 8.19. The van der Waals surface area contributed by atoms with E-state index in [2.05, 4.69) is 28.0 Å². The van der Waals surface area contributed by atoms with Gasteiger partial charge in [0.15, 0.2) is 12.2 Å². The number of carbonyl (C=O) groups is 5. The number of Topliss-reactive ketones (excluding diaryl/α,β-unsaturated/α-hetero) is 2. The first kappa shape index (κ1) is 37.7. The summed E-state index contributed by atoms with van der Waals surface area (Å²) in [5.74, 6) is -2.87. The van der Waals surface area contributed by atoms with E-state index in [1.807, 2.05) is 6.92 Å². The van der Waals surface area contributed by atoms with Gasteiger partial charge in [0.1, 0.15) is 5.78 Å². The molecule has 2 unspecified atom stereocenters. The van der Waals surface area contributed by atoms with E-state index in [4.69, 9.17) is 9.47 Å². The number of carbonyl (C=O) groups excluding carboxylic acids is 5. The molecule has 7 atom stereocenters.